The Morgan fingerprint density at radius 2 is 2.00 bits per heavy atom. The first kappa shape index (κ1) is 15.8. The lowest BCUT2D eigenvalue weighted by atomic mass is 10.1. The summed E-state index contributed by atoms with van der Waals surface area (Å²) >= 11 is 0. The van der Waals surface area contributed by atoms with E-state index < -0.39 is 5.97 Å². The SMILES string of the molecule is COC(=O)c1cc(N2CCOCC2)ccc1NC(=O)C1CC1C. The van der Waals surface area contributed by atoms with E-state index in [9.17, 15) is 9.59 Å². The highest BCUT2D eigenvalue weighted by Gasteiger charge is 2.39. The predicted molar refractivity (Wildman–Crippen MR) is 86.7 cm³/mol. The molecule has 0 aromatic heterocycles. The molecule has 6 heteroatoms. The van der Waals surface area contributed by atoms with Gasteiger partial charge in [0.15, 0.2) is 0 Å². The van der Waals surface area contributed by atoms with Gasteiger partial charge in [-0.1, -0.05) is 6.92 Å². The highest BCUT2D eigenvalue weighted by Crippen LogP contribution is 2.39. The van der Waals surface area contributed by atoms with Crippen molar-refractivity contribution in [1.29, 1.82) is 0 Å². The third kappa shape index (κ3) is 3.47. The number of amides is 1. The molecular weight excluding hydrogens is 296 g/mol. The first-order valence-electron chi connectivity index (χ1n) is 7.96. The number of hydrogen-bond acceptors (Lipinski definition) is 5. The van der Waals surface area contributed by atoms with Gasteiger partial charge in [-0.05, 0) is 30.5 Å². The molecular formula is C17H22N2O4. The Labute approximate surface area is 135 Å². The molecule has 2 atom stereocenters. The highest BCUT2D eigenvalue weighted by molar-refractivity contribution is 6.03. The zero-order chi connectivity index (χ0) is 16.4. The van der Waals surface area contributed by atoms with E-state index in [2.05, 4.69) is 10.2 Å². The van der Waals surface area contributed by atoms with Gasteiger partial charge in [-0.3, -0.25) is 4.79 Å². The minimum atomic E-state index is -0.445. The smallest absolute Gasteiger partial charge is 0.340 e. The van der Waals surface area contributed by atoms with Gasteiger partial charge in [0.2, 0.25) is 5.91 Å². The van der Waals surface area contributed by atoms with Gasteiger partial charge in [-0.15, -0.1) is 0 Å². The van der Waals surface area contributed by atoms with Crippen molar-refractivity contribution >= 4 is 23.3 Å². The molecule has 3 rings (SSSR count). The lowest BCUT2D eigenvalue weighted by Gasteiger charge is -2.29. The van der Waals surface area contributed by atoms with Crippen LogP contribution in [0.3, 0.4) is 0 Å². The van der Waals surface area contributed by atoms with E-state index in [-0.39, 0.29) is 11.8 Å². The second-order valence-corrected chi connectivity index (χ2v) is 6.13. The number of ether oxygens (including phenoxy) is 2. The summed E-state index contributed by atoms with van der Waals surface area (Å²) in [6.07, 6.45) is 0.908. The number of carbonyl (C=O) groups excluding carboxylic acids is 2. The van der Waals surface area contributed by atoms with E-state index in [4.69, 9.17) is 9.47 Å². The Morgan fingerprint density at radius 1 is 1.30 bits per heavy atom. The van der Waals surface area contributed by atoms with Crippen molar-refractivity contribution < 1.29 is 19.1 Å². The summed E-state index contributed by atoms with van der Waals surface area (Å²) in [5.41, 5.74) is 1.84. The first-order chi connectivity index (χ1) is 11.1. The molecule has 0 bridgehead atoms. The van der Waals surface area contributed by atoms with Gasteiger partial charge >= 0.3 is 5.97 Å². The molecule has 23 heavy (non-hydrogen) atoms. The zero-order valence-corrected chi connectivity index (χ0v) is 13.5. The summed E-state index contributed by atoms with van der Waals surface area (Å²) in [4.78, 5) is 26.4. The minimum absolute atomic E-state index is 0.0261. The fourth-order valence-corrected chi connectivity index (χ4v) is 2.85. The molecule has 1 aliphatic heterocycles. The third-order valence-electron chi connectivity index (χ3n) is 4.49. The van der Waals surface area contributed by atoms with Crippen LogP contribution in [0.5, 0.6) is 0 Å². The number of methoxy groups -OCH3 is 1. The average molecular weight is 318 g/mol. The fraction of sp³-hybridized carbons (Fsp3) is 0.529. The van der Waals surface area contributed by atoms with Crippen molar-refractivity contribution in [1.82, 2.24) is 0 Å². The highest BCUT2D eigenvalue weighted by atomic mass is 16.5. The maximum atomic E-state index is 12.1. The molecule has 0 spiro atoms. The number of hydrogen-bond donors (Lipinski definition) is 1. The van der Waals surface area contributed by atoms with Crippen molar-refractivity contribution in [3.05, 3.63) is 23.8 Å². The zero-order valence-electron chi connectivity index (χ0n) is 13.5. The normalized spacial score (nSPS) is 23.3. The molecule has 1 aliphatic carbocycles. The van der Waals surface area contributed by atoms with Crippen molar-refractivity contribution in [2.75, 3.05) is 43.6 Å². The number of esters is 1. The van der Waals surface area contributed by atoms with E-state index in [1.54, 1.807) is 12.1 Å². The van der Waals surface area contributed by atoms with Gasteiger partial charge in [0.05, 0.1) is 31.6 Å². The molecule has 2 unspecified atom stereocenters. The lowest BCUT2D eigenvalue weighted by Crippen LogP contribution is -2.36. The molecule has 1 heterocycles. The van der Waals surface area contributed by atoms with Gasteiger partial charge in [-0.25, -0.2) is 4.79 Å². The van der Waals surface area contributed by atoms with Crippen LogP contribution in [0.4, 0.5) is 11.4 Å². The number of benzene rings is 1. The Balaban J connectivity index is 1.83. The Morgan fingerprint density at radius 3 is 2.61 bits per heavy atom. The van der Waals surface area contributed by atoms with E-state index in [0.29, 0.717) is 30.4 Å². The monoisotopic (exact) mass is 318 g/mol. The number of nitrogens with one attached hydrogen (secondary N) is 1. The maximum absolute atomic E-state index is 12.1. The van der Waals surface area contributed by atoms with Crippen LogP contribution in [0, 0.1) is 11.8 Å². The summed E-state index contributed by atoms with van der Waals surface area (Å²) in [5.74, 6) is 0.00430. The lowest BCUT2D eigenvalue weighted by molar-refractivity contribution is -0.117. The van der Waals surface area contributed by atoms with Gasteiger partial charge in [0.25, 0.3) is 0 Å². The molecule has 1 aromatic carbocycles. The van der Waals surface area contributed by atoms with Crippen LogP contribution < -0.4 is 10.2 Å². The summed E-state index contributed by atoms with van der Waals surface area (Å²) < 4.78 is 10.2. The second-order valence-electron chi connectivity index (χ2n) is 6.13. The van der Waals surface area contributed by atoms with Crippen molar-refractivity contribution in [3.63, 3.8) is 0 Å². The van der Waals surface area contributed by atoms with E-state index >= 15 is 0 Å². The van der Waals surface area contributed by atoms with Crippen molar-refractivity contribution in [2.24, 2.45) is 11.8 Å². The van der Waals surface area contributed by atoms with Crippen LogP contribution in [0.2, 0.25) is 0 Å². The number of morpholine rings is 1. The van der Waals surface area contributed by atoms with Crippen LogP contribution >= 0.6 is 0 Å². The average Bonchev–Trinajstić information content (AvgIpc) is 3.32. The summed E-state index contributed by atoms with van der Waals surface area (Å²) in [6.45, 7) is 4.96. The molecule has 1 amide bonds. The molecule has 1 N–H and O–H groups in total. The van der Waals surface area contributed by atoms with Crippen molar-refractivity contribution in [2.45, 2.75) is 13.3 Å². The van der Waals surface area contributed by atoms with E-state index in [1.165, 1.54) is 7.11 Å². The standard InChI is InChI=1S/C17H22N2O4/c1-11-9-13(11)16(20)18-15-4-3-12(10-14(15)17(21)22-2)19-5-7-23-8-6-19/h3-4,10-11,13H,5-9H2,1-2H3,(H,18,20). The van der Waals surface area contributed by atoms with Crippen molar-refractivity contribution in [3.8, 4) is 0 Å². The Hall–Kier alpha value is -2.08. The summed E-state index contributed by atoms with van der Waals surface area (Å²) in [7, 11) is 1.35. The Kier molecular flexibility index (Phi) is 4.52. The largest absolute Gasteiger partial charge is 0.465 e. The summed E-state index contributed by atoms with van der Waals surface area (Å²) in [5, 5.41) is 2.87. The van der Waals surface area contributed by atoms with E-state index in [1.807, 2.05) is 13.0 Å². The minimum Gasteiger partial charge on any atom is -0.465 e. The molecule has 0 radical (unpaired) electrons. The number of nitrogens with zero attached hydrogens (tertiary/aromatic N) is 1. The molecule has 1 saturated heterocycles. The van der Waals surface area contributed by atoms with Gasteiger partial charge in [0, 0.05) is 24.7 Å². The molecule has 6 nitrogen and oxygen atoms in total. The Bertz CT molecular complexity index is 611. The molecule has 2 aliphatic rings. The predicted octanol–water partition coefficient (Wildman–Crippen LogP) is 1.90. The summed E-state index contributed by atoms with van der Waals surface area (Å²) in [6, 6.07) is 5.48. The number of carbonyl (C=O) groups is 2. The number of rotatable bonds is 4. The molecule has 1 aromatic rings. The topological polar surface area (TPSA) is 67.9 Å². The second kappa shape index (κ2) is 6.58. The molecule has 1 saturated carbocycles. The van der Waals surface area contributed by atoms with Gasteiger partial charge in [0.1, 0.15) is 0 Å². The quantitative estimate of drug-likeness (QED) is 0.859. The van der Waals surface area contributed by atoms with Crippen LogP contribution in [0.15, 0.2) is 18.2 Å². The van der Waals surface area contributed by atoms with Gasteiger partial charge < -0.3 is 19.7 Å². The third-order valence-corrected chi connectivity index (χ3v) is 4.49. The molecule has 2 fully saturated rings. The van der Waals surface area contributed by atoms with Crippen LogP contribution in [0.1, 0.15) is 23.7 Å². The fourth-order valence-electron chi connectivity index (χ4n) is 2.85. The van der Waals surface area contributed by atoms with Crippen LogP contribution in [-0.2, 0) is 14.3 Å². The van der Waals surface area contributed by atoms with Crippen LogP contribution in [-0.4, -0.2) is 45.3 Å². The van der Waals surface area contributed by atoms with E-state index in [0.717, 1.165) is 25.2 Å². The van der Waals surface area contributed by atoms with Crippen LogP contribution in [0.25, 0.3) is 0 Å². The molecule has 124 valence electrons. The maximum Gasteiger partial charge on any atom is 0.340 e. The first-order valence-corrected chi connectivity index (χ1v) is 7.96. The van der Waals surface area contributed by atoms with Gasteiger partial charge in [-0.2, -0.15) is 0 Å². The number of anilines is 2.